The van der Waals surface area contributed by atoms with Gasteiger partial charge >= 0.3 is 0 Å². The van der Waals surface area contributed by atoms with Crippen LogP contribution in [0.25, 0.3) is 0 Å². The van der Waals surface area contributed by atoms with Crippen LogP contribution in [0.2, 0.25) is 0 Å². The monoisotopic (exact) mass is 496 g/mol. The number of benzene rings is 2. The fourth-order valence-electron chi connectivity index (χ4n) is 4.69. The number of carbonyl (C=O) groups excluding carboxylic acids is 1. The fourth-order valence-corrected chi connectivity index (χ4v) is 5.62. The Labute approximate surface area is 210 Å². The van der Waals surface area contributed by atoms with Crippen molar-refractivity contribution >= 4 is 17.2 Å². The number of nitrogens with zero attached hydrogens (tertiary/aromatic N) is 2. The lowest BCUT2D eigenvalue weighted by molar-refractivity contribution is -0.136. The zero-order valence-electron chi connectivity index (χ0n) is 20.1. The number of rotatable bonds is 11. The minimum Gasteiger partial charge on any atom is -0.491 e. The molecule has 0 spiro atoms. The van der Waals surface area contributed by atoms with Crippen molar-refractivity contribution < 1.29 is 19.0 Å². The van der Waals surface area contributed by atoms with Crippen molar-refractivity contribution in [3.8, 4) is 5.75 Å². The van der Waals surface area contributed by atoms with Gasteiger partial charge in [-0.1, -0.05) is 43.3 Å². The van der Waals surface area contributed by atoms with Crippen molar-refractivity contribution in [1.82, 2.24) is 9.80 Å². The summed E-state index contributed by atoms with van der Waals surface area (Å²) in [5.41, 5.74) is 2.19. The summed E-state index contributed by atoms with van der Waals surface area (Å²) in [5.74, 6) is 0.131. The van der Waals surface area contributed by atoms with Crippen molar-refractivity contribution in [1.29, 1.82) is 0 Å². The van der Waals surface area contributed by atoms with Crippen LogP contribution in [-0.4, -0.2) is 59.7 Å². The molecule has 5 nitrogen and oxygen atoms in total. The molecule has 0 saturated carbocycles. The Morgan fingerprint density at radius 2 is 2.06 bits per heavy atom. The Morgan fingerprint density at radius 1 is 1.23 bits per heavy atom. The quantitative estimate of drug-likeness (QED) is 0.418. The van der Waals surface area contributed by atoms with Gasteiger partial charge in [-0.25, -0.2) is 4.39 Å². The van der Waals surface area contributed by atoms with E-state index in [2.05, 4.69) is 18.4 Å². The molecule has 186 valence electrons. The second-order valence-electron chi connectivity index (χ2n) is 9.00. The molecule has 2 aromatic carbocycles. The van der Waals surface area contributed by atoms with Crippen LogP contribution in [0, 0.1) is 5.82 Å². The highest BCUT2D eigenvalue weighted by Gasteiger charge is 2.33. The van der Waals surface area contributed by atoms with Gasteiger partial charge in [-0.3, -0.25) is 9.69 Å². The fraction of sp³-hybridized carbons (Fsp3) is 0.393. The number of carbonyl (C=O) groups is 1. The number of hydrogen-bond acceptors (Lipinski definition) is 5. The van der Waals surface area contributed by atoms with Crippen LogP contribution in [0.4, 0.5) is 4.39 Å². The van der Waals surface area contributed by atoms with Crippen molar-refractivity contribution in [3.63, 3.8) is 0 Å². The van der Waals surface area contributed by atoms with E-state index in [4.69, 9.17) is 4.74 Å². The Morgan fingerprint density at radius 3 is 2.83 bits per heavy atom. The molecule has 0 radical (unpaired) electrons. The van der Waals surface area contributed by atoms with E-state index in [1.165, 1.54) is 17.0 Å². The molecule has 1 N–H and O–H groups in total. The van der Waals surface area contributed by atoms with E-state index in [1.807, 2.05) is 40.1 Å². The molecule has 0 fully saturated rings. The first kappa shape index (κ1) is 25.4. The van der Waals surface area contributed by atoms with Crippen LogP contribution < -0.4 is 4.74 Å². The number of halogens is 1. The molecule has 1 amide bonds. The number of aliphatic hydroxyl groups is 1. The highest BCUT2D eigenvalue weighted by Crippen LogP contribution is 2.34. The number of thiophene rings is 1. The number of hydrogen-bond donors (Lipinski definition) is 1. The van der Waals surface area contributed by atoms with Gasteiger partial charge < -0.3 is 14.7 Å². The zero-order chi connectivity index (χ0) is 24.6. The van der Waals surface area contributed by atoms with E-state index in [9.17, 15) is 14.3 Å². The summed E-state index contributed by atoms with van der Waals surface area (Å²) >= 11 is 1.70. The van der Waals surface area contributed by atoms with E-state index < -0.39 is 6.10 Å². The topological polar surface area (TPSA) is 53.0 Å². The lowest BCUT2D eigenvalue weighted by atomic mass is 10.00. The second-order valence-corrected chi connectivity index (χ2v) is 10.00. The number of amides is 1. The van der Waals surface area contributed by atoms with Gasteiger partial charge in [0, 0.05) is 24.0 Å². The van der Waals surface area contributed by atoms with E-state index in [1.54, 1.807) is 23.5 Å². The molecule has 3 aromatic rings. The first-order valence-corrected chi connectivity index (χ1v) is 13.1. The summed E-state index contributed by atoms with van der Waals surface area (Å²) in [4.78, 5) is 18.7. The molecule has 4 rings (SSSR count). The highest BCUT2D eigenvalue weighted by atomic mass is 32.1. The number of fused-ring (bicyclic) bond motifs is 1. The average molecular weight is 497 g/mol. The molecule has 1 aromatic heterocycles. The summed E-state index contributed by atoms with van der Waals surface area (Å²) < 4.78 is 19.5. The third kappa shape index (κ3) is 6.90. The highest BCUT2D eigenvalue weighted by molar-refractivity contribution is 7.10. The van der Waals surface area contributed by atoms with E-state index in [0.29, 0.717) is 25.3 Å². The lowest BCUT2D eigenvalue weighted by Crippen LogP contribution is -2.48. The summed E-state index contributed by atoms with van der Waals surface area (Å²) in [5, 5.41) is 12.7. The Balaban J connectivity index is 1.42. The van der Waals surface area contributed by atoms with Crippen LogP contribution in [0.5, 0.6) is 5.75 Å². The predicted molar refractivity (Wildman–Crippen MR) is 137 cm³/mol. The third-order valence-corrected chi connectivity index (χ3v) is 7.30. The Bertz CT molecular complexity index is 1090. The maximum absolute atomic E-state index is 13.6. The van der Waals surface area contributed by atoms with Gasteiger partial charge in [-0.05, 0) is 60.5 Å². The van der Waals surface area contributed by atoms with Gasteiger partial charge in [0.1, 0.15) is 18.2 Å². The second kappa shape index (κ2) is 12.3. The van der Waals surface area contributed by atoms with Gasteiger partial charge in [0.2, 0.25) is 5.91 Å². The maximum atomic E-state index is 13.6. The van der Waals surface area contributed by atoms with Crippen molar-refractivity contribution in [2.24, 2.45) is 0 Å². The Hall–Kier alpha value is -2.74. The predicted octanol–water partition coefficient (Wildman–Crippen LogP) is 4.71. The van der Waals surface area contributed by atoms with Crippen molar-refractivity contribution in [3.05, 3.63) is 87.9 Å². The van der Waals surface area contributed by atoms with Gasteiger partial charge in [0.05, 0.1) is 18.7 Å². The standard InChI is InChI=1S/C28H33FN2O3S/c1-2-13-30(18-23(32)16-21-7-4-3-5-8-21)19-28(33)31-14-11-27-25(12-15-35-27)26(31)20-34-24-10-6-9-22(29)17-24/h3-10,12,15,17,23,26,32H,2,11,13-14,16,18-20H2,1H3/t23-,26-/m0/s1. The minimum absolute atomic E-state index is 0.0232. The average Bonchev–Trinajstić information content (AvgIpc) is 3.32. The number of aliphatic hydroxyl groups excluding tert-OH is 1. The summed E-state index contributed by atoms with van der Waals surface area (Å²) in [6, 6.07) is 17.8. The molecule has 2 heterocycles. The van der Waals surface area contributed by atoms with Gasteiger partial charge in [-0.2, -0.15) is 0 Å². The largest absolute Gasteiger partial charge is 0.491 e. The normalized spacial score (nSPS) is 16.2. The molecule has 35 heavy (non-hydrogen) atoms. The first-order chi connectivity index (χ1) is 17.0. The molecule has 0 aliphatic carbocycles. The molecular formula is C28H33FN2O3S. The van der Waals surface area contributed by atoms with E-state index in [-0.39, 0.29) is 30.9 Å². The molecule has 0 unspecified atom stereocenters. The van der Waals surface area contributed by atoms with Crippen LogP contribution in [0.15, 0.2) is 66.0 Å². The first-order valence-electron chi connectivity index (χ1n) is 12.2. The summed E-state index contributed by atoms with van der Waals surface area (Å²) in [7, 11) is 0. The van der Waals surface area contributed by atoms with Crippen molar-refractivity contribution in [2.75, 3.05) is 32.8 Å². The van der Waals surface area contributed by atoms with E-state index in [0.717, 1.165) is 30.5 Å². The molecule has 0 bridgehead atoms. The third-order valence-electron chi connectivity index (χ3n) is 6.30. The molecule has 2 atom stereocenters. The SMILES string of the molecule is CCCN(CC(=O)N1CCc2sccc2[C@@H]1COc1cccc(F)c1)C[C@@H](O)Cc1ccccc1. The van der Waals surface area contributed by atoms with E-state index >= 15 is 0 Å². The van der Waals surface area contributed by atoms with Gasteiger partial charge in [0.15, 0.2) is 0 Å². The summed E-state index contributed by atoms with van der Waals surface area (Å²) in [6.45, 7) is 4.39. The van der Waals surface area contributed by atoms with Crippen LogP contribution in [0.1, 0.15) is 35.4 Å². The van der Waals surface area contributed by atoms with Crippen LogP contribution in [0.3, 0.4) is 0 Å². The zero-order valence-corrected chi connectivity index (χ0v) is 20.9. The molecule has 1 aliphatic heterocycles. The number of ether oxygens (including phenoxy) is 1. The van der Waals surface area contributed by atoms with Gasteiger partial charge in [-0.15, -0.1) is 11.3 Å². The molecular weight excluding hydrogens is 463 g/mol. The van der Waals surface area contributed by atoms with Crippen LogP contribution >= 0.6 is 11.3 Å². The maximum Gasteiger partial charge on any atom is 0.237 e. The molecule has 0 saturated heterocycles. The lowest BCUT2D eigenvalue weighted by Gasteiger charge is -2.37. The smallest absolute Gasteiger partial charge is 0.237 e. The van der Waals surface area contributed by atoms with Crippen LogP contribution in [-0.2, 0) is 17.6 Å². The van der Waals surface area contributed by atoms with Gasteiger partial charge in [0.25, 0.3) is 0 Å². The Kier molecular flexibility index (Phi) is 8.90. The molecule has 1 aliphatic rings. The molecule has 7 heteroatoms. The summed E-state index contributed by atoms with van der Waals surface area (Å²) in [6.07, 6.45) is 1.72. The van der Waals surface area contributed by atoms with Crippen molar-refractivity contribution in [2.45, 2.75) is 38.3 Å². The minimum atomic E-state index is -0.548.